The summed E-state index contributed by atoms with van der Waals surface area (Å²) in [6, 6.07) is 7.87. The molecule has 1 aliphatic heterocycles. The molecule has 106 valence electrons. The molecule has 0 amide bonds. The van der Waals surface area contributed by atoms with Crippen LogP contribution in [-0.2, 0) is 11.2 Å². The first-order valence-electron chi connectivity index (χ1n) is 6.14. The lowest BCUT2D eigenvalue weighted by atomic mass is 9.87. The Kier molecular flexibility index (Phi) is 4.19. The lowest BCUT2D eigenvalue weighted by molar-refractivity contribution is -0.313. The minimum Gasteiger partial charge on any atom is -0.394 e. The number of aliphatic hydroxyl groups is 4. The largest absolute Gasteiger partial charge is 0.394 e. The highest BCUT2D eigenvalue weighted by Gasteiger charge is 2.51. The van der Waals surface area contributed by atoms with Crippen molar-refractivity contribution in [1.29, 1.82) is 0 Å². The number of nitrogens with two attached hydrogens (primary N) is 1. The number of hydrogen-bond acceptors (Lipinski definition) is 6. The van der Waals surface area contributed by atoms with E-state index in [1.165, 1.54) is 0 Å². The van der Waals surface area contributed by atoms with Gasteiger partial charge in [-0.25, -0.2) is 0 Å². The van der Waals surface area contributed by atoms with E-state index < -0.39 is 36.7 Å². The summed E-state index contributed by atoms with van der Waals surface area (Å²) in [6.45, 7) is -0.512. The van der Waals surface area contributed by atoms with Gasteiger partial charge in [0.15, 0.2) is 5.79 Å². The van der Waals surface area contributed by atoms with Crippen molar-refractivity contribution in [3.05, 3.63) is 35.9 Å². The van der Waals surface area contributed by atoms with Gasteiger partial charge in [-0.1, -0.05) is 30.3 Å². The van der Waals surface area contributed by atoms with Gasteiger partial charge in [0.2, 0.25) is 0 Å². The van der Waals surface area contributed by atoms with Gasteiger partial charge in [0.25, 0.3) is 0 Å². The second-order valence-electron chi connectivity index (χ2n) is 4.85. The summed E-state index contributed by atoms with van der Waals surface area (Å²) in [7, 11) is 0. The van der Waals surface area contributed by atoms with Gasteiger partial charge in [-0.05, 0) is 5.56 Å². The molecule has 0 radical (unpaired) electrons. The van der Waals surface area contributed by atoms with Crippen molar-refractivity contribution in [3.63, 3.8) is 0 Å². The topological polar surface area (TPSA) is 116 Å². The van der Waals surface area contributed by atoms with Gasteiger partial charge in [0, 0.05) is 6.42 Å². The standard InChI is InChI=1S/C13H19NO5/c14-12-11(17)10(16)9(7-15)19-13(12,18)6-8-4-2-1-3-5-8/h1-5,9-12,15-18H,6-7,14H2/t9-,10-,11+,12+,13?/m1/s1. The first-order chi connectivity index (χ1) is 8.98. The Morgan fingerprint density at radius 1 is 1.16 bits per heavy atom. The third-order valence-corrected chi connectivity index (χ3v) is 3.46. The Bertz CT molecular complexity index is 413. The van der Waals surface area contributed by atoms with Crippen LogP contribution in [-0.4, -0.2) is 57.2 Å². The highest BCUT2D eigenvalue weighted by Crippen LogP contribution is 2.29. The summed E-state index contributed by atoms with van der Waals surface area (Å²) in [5.41, 5.74) is 6.52. The van der Waals surface area contributed by atoms with Gasteiger partial charge in [-0.15, -0.1) is 0 Å². The van der Waals surface area contributed by atoms with Crippen LogP contribution in [0.4, 0.5) is 0 Å². The SMILES string of the molecule is N[C@H]1[C@@H](O)[C@H](O)[C@@H](CO)OC1(O)Cc1ccccc1. The lowest BCUT2D eigenvalue weighted by Gasteiger charge is -2.46. The Hall–Kier alpha value is -1.02. The molecule has 6 heteroatoms. The molecule has 19 heavy (non-hydrogen) atoms. The minimum atomic E-state index is -1.83. The van der Waals surface area contributed by atoms with Crippen molar-refractivity contribution >= 4 is 0 Å². The Balaban J connectivity index is 2.21. The Labute approximate surface area is 111 Å². The van der Waals surface area contributed by atoms with Gasteiger partial charge in [0.1, 0.15) is 18.3 Å². The number of ether oxygens (including phenoxy) is 1. The van der Waals surface area contributed by atoms with E-state index in [2.05, 4.69) is 0 Å². The smallest absolute Gasteiger partial charge is 0.188 e. The van der Waals surface area contributed by atoms with E-state index in [4.69, 9.17) is 15.6 Å². The molecule has 0 aromatic heterocycles. The zero-order valence-corrected chi connectivity index (χ0v) is 10.4. The van der Waals surface area contributed by atoms with Crippen molar-refractivity contribution in [3.8, 4) is 0 Å². The molecule has 5 atom stereocenters. The first-order valence-corrected chi connectivity index (χ1v) is 6.14. The van der Waals surface area contributed by atoms with Crippen molar-refractivity contribution < 1.29 is 25.2 Å². The molecule has 2 rings (SSSR count). The van der Waals surface area contributed by atoms with E-state index in [-0.39, 0.29) is 6.42 Å². The fourth-order valence-electron chi connectivity index (χ4n) is 2.30. The van der Waals surface area contributed by atoms with Crippen LogP contribution in [0.2, 0.25) is 0 Å². The number of rotatable bonds is 3. The summed E-state index contributed by atoms with van der Waals surface area (Å²) in [4.78, 5) is 0. The summed E-state index contributed by atoms with van der Waals surface area (Å²) in [6.07, 6.45) is -3.69. The minimum absolute atomic E-state index is 0.0648. The molecule has 6 nitrogen and oxygen atoms in total. The van der Waals surface area contributed by atoms with Gasteiger partial charge in [-0.3, -0.25) is 0 Å². The van der Waals surface area contributed by atoms with Crippen molar-refractivity contribution in [2.75, 3.05) is 6.61 Å². The molecule has 1 fully saturated rings. The first kappa shape index (κ1) is 14.4. The maximum atomic E-state index is 10.5. The van der Waals surface area contributed by atoms with Crippen molar-refractivity contribution in [1.82, 2.24) is 0 Å². The van der Waals surface area contributed by atoms with E-state index in [1.54, 1.807) is 12.1 Å². The second kappa shape index (κ2) is 5.54. The predicted octanol–water partition coefficient (Wildman–Crippen LogP) is -1.64. The van der Waals surface area contributed by atoms with Crippen LogP contribution in [0, 0.1) is 0 Å². The van der Waals surface area contributed by atoms with Crippen LogP contribution >= 0.6 is 0 Å². The third kappa shape index (κ3) is 2.79. The van der Waals surface area contributed by atoms with E-state index in [0.717, 1.165) is 5.56 Å². The molecular formula is C13H19NO5. The summed E-state index contributed by atoms with van der Waals surface area (Å²) in [5, 5.41) is 39.1. The quantitative estimate of drug-likeness (QED) is 0.449. The van der Waals surface area contributed by atoms with Crippen LogP contribution in [0.25, 0.3) is 0 Å². The highest BCUT2D eigenvalue weighted by atomic mass is 16.6. The Morgan fingerprint density at radius 2 is 1.79 bits per heavy atom. The summed E-state index contributed by atoms with van der Waals surface area (Å²) >= 11 is 0. The molecule has 1 heterocycles. The zero-order valence-electron chi connectivity index (χ0n) is 10.4. The third-order valence-electron chi connectivity index (χ3n) is 3.46. The van der Waals surface area contributed by atoms with Crippen molar-refractivity contribution in [2.24, 2.45) is 5.73 Å². The van der Waals surface area contributed by atoms with Crippen LogP contribution < -0.4 is 5.73 Å². The van der Waals surface area contributed by atoms with Gasteiger partial charge in [-0.2, -0.15) is 0 Å². The lowest BCUT2D eigenvalue weighted by Crippen LogP contribution is -2.69. The molecule has 6 N–H and O–H groups in total. The van der Waals surface area contributed by atoms with Gasteiger partial charge >= 0.3 is 0 Å². The fourth-order valence-corrected chi connectivity index (χ4v) is 2.30. The van der Waals surface area contributed by atoms with E-state index >= 15 is 0 Å². The fraction of sp³-hybridized carbons (Fsp3) is 0.538. The van der Waals surface area contributed by atoms with Gasteiger partial charge in [0.05, 0.1) is 12.6 Å². The molecule has 0 saturated carbocycles. The molecule has 0 aliphatic carbocycles. The molecule has 1 aromatic carbocycles. The number of aliphatic hydroxyl groups excluding tert-OH is 3. The monoisotopic (exact) mass is 269 g/mol. The summed E-state index contributed by atoms with van der Waals surface area (Å²) < 4.78 is 5.29. The van der Waals surface area contributed by atoms with E-state index in [1.807, 2.05) is 18.2 Å². The molecule has 1 unspecified atom stereocenters. The average molecular weight is 269 g/mol. The Morgan fingerprint density at radius 3 is 2.37 bits per heavy atom. The van der Waals surface area contributed by atoms with Gasteiger partial charge < -0.3 is 30.9 Å². The zero-order chi connectivity index (χ0) is 14.0. The molecule has 1 aliphatic rings. The second-order valence-corrected chi connectivity index (χ2v) is 4.85. The molecular weight excluding hydrogens is 250 g/mol. The number of benzene rings is 1. The average Bonchev–Trinajstić information content (AvgIpc) is 2.42. The van der Waals surface area contributed by atoms with Crippen LogP contribution in [0.3, 0.4) is 0 Å². The normalized spacial score (nSPS) is 39.2. The van der Waals surface area contributed by atoms with Crippen LogP contribution in [0.5, 0.6) is 0 Å². The number of hydrogen-bond donors (Lipinski definition) is 5. The highest BCUT2D eigenvalue weighted by molar-refractivity contribution is 5.18. The molecule has 0 spiro atoms. The molecule has 1 saturated heterocycles. The predicted molar refractivity (Wildman–Crippen MR) is 67.0 cm³/mol. The summed E-state index contributed by atoms with van der Waals surface area (Å²) in [5.74, 6) is -1.83. The van der Waals surface area contributed by atoms with E-state index in [0.29, 0.717) is 0 Å². The molecule has 0 bridgehead atoms. The maximum Gasteiger partial charge on any atom is 0.188 e. The van der Waals surface area contributed by atoms with E-state index in [9.17, 15) is 15.3 Å². The molecule has 1 aromatic rings. The van der Waals surface area contributed by atoms with Crippen molar-refractivity contribution in [2.45, 2.75) is 36.6 Å². The maximum absolute atomic E-state index is 10.5. The van der Waals surface area contributed by atoms with Crippen LogP contribution in [0.15, 0.2) is 30.3 Å². The van der Waals surface area contributed by atoms with Crippen LogP contribution in [0.1, 0.15) is 5.56 Å².